The summed E-state index contributed by atoms with van der Waals surface area (Å²) in [5, 5.41) is 6.46. The van der Waals surface area contributed by atoms with E-state index in [0.717, 1.165) is 5.69 Å². The van der Waals surface area contributed by atoms with Crippen molar-refractivity contribution >= 4 is 34.7 Å². The number of halogens is 1. The molecule has 0 radical (unpaired) electrons. The summed E-state index contributed by atoms with van der Waals surface area (Å²) in [7, 11) is 0. The third kappa shape index (κ3) is 4.58. The molecule has 0 saturated carbocycles. The fourth-order valence-corrected chi connectivity index (χ4v) is 2.56. The number of aromatic nitrogens is 2. The van der Waals surface area contributed by atoms with Crippen LogP contribution in [-0.4, -0.2) is 15.9 Å². The highest BCUT2D eigenvalue weighted by Gasteiger charge is 2.09. The smallest absolute Gasteiger partial charge is 0.275 e. The van der Waals surface area contributed by atoms with E-state index in [1.807, 2.05) is 12.1 Å². The van der Waals surface area contributed by atoms with Gasteiger partial charge in [0.2, 0.25) is 0 Å². The van der Waals surface area contributed by atoms with Crippen molar-refractivity contribution in [2.24, 2.45) is 0 Å². The number of amides is 1. The van der Waals surface area contributed by atoms with Crippen LogP contribution < -0.4 is 10.6 Å². The molecule has 1 amide bonds. The first-order chi connectivity index (χ1) is 12.5. The van der Waals surface area contributed by atoms with Gasteiger partial charge in [-0.15, -0.1) is 0 Å². The lowest BCUT2D eigenvalue weighted by atomic mass is 10.0. The summed E-state index contributed by atoms with van der Waals surface area (Å²) in [4.78, 5) is 20.6. The zero-order chi connectivity index (χ0) is 18.5. The molecule has 2 aromatic carbocycles. The van der Waals surface area contributed by atoms with Gasteiger partial charge in [0.1, 0.15) is 11.5 Å². The zero-order valence-electron chi connectivity index (χ0n) is 14.5. The van der Waals surface area contributed by atoms with Crippen LogP contribution in [0.25, 0.3) is 0 Å². The Labute approximate surface area is 157 Å². The first kappa shape index (κ1) is 17.9. The van der Waals surface area contributed by atoms with Crippen molar-refractivity contribution in [2.75, 3.05) is 10.6 Å². The standard InChI is InChI=1S/C20H19ClN4O/c1-13(2)14-6-8-16(9-7-14)24-19-12-22-18(11-23-19)20(26)25-17-5-3-4-15(21)10-17/h3-13H,1-2H3,(H,23,24)(H,25,26). The largest absolute Gasteiger partial charge is 0.339 e. The Kier molecular flexibility index (Phi) is 5.49. The molecular formula is C20H19ClN4O. The second-order valence-corrected chi connectivity index (χ2v) is 6.59. The van der Waals surface area contributed by atoms with Crippen molar-refractivity contribution in [1.82, 2.24) is 9.97 Å². The molecule has 0 bridgehead atoms. The van der Waals surface area contributed by atoms with E-state index in [4.69, 9.17) is 11.6 Å². The van der Waals surface area contributed by atoms with Gasteiger partial charge in [0.05, 0.1) is 12.4 Å². The molecule has 6 heteroatoms. The van der Waals surface area contributed by atoms with Crippen molar-refractivity contribution in [3.63, 3.8) is 0 Å². The van der Waals surface area contributed by atoms with Crippen molar-refractivity contribution < 1.29 is 4.79 Å². The Bertz CT molecular complexity index is 892. The fourth-order valence-electron chi connectivity index (χ4n) is 2.37. The van der Waals surface area contributed by atoms with Crippen molar-refractivity contribution in [3.8, 4) is 0 Å². The van der Waals surface area contributed by atoms with E-state index in [1.165, 1.54) is 18.0 Å². The van der Waals surface area contributed by atoms with E-state index in [9.17, 15) is 4.79 Å². The molecule has 5 nitrogen and oxygen atoms in total. The van der Waals surface area contributed by atoms with Crippen LogP contribution in [0.1, 0.15) is 35.8 Å². The number of nitrogens with zero attached hydrogens (tertiary/aromatic N) is 2. The molecule has 26 heavy (non-hydrogen) atoms. The topological polar surface area (TPSA) is 66.9 Å². The Hall–Kier alpha value is -2.92. The third-order valence-electron chi connectivity index (χ3n) is 3.82. The van der Waals surface area contributed by atoms with Crippen LogP contribution in [0.5, 0.6) is 0 Å². The van der Waals surface area contributed by atoms with Gasteiger partial charge in [-0.1, -0.05) is 43.6 Å². The molecule has 0 aliphatic rings. The number of nitrogens with one attached hydrogen (secondary N) is 2. The van der Waals surface area contributed by atoms with Crippen LogP contribution in [0.4, 0.5) is 17.2 Å². The average Bonchev–Trinajstić information content (AvgIpc) is 2.63. The van der Waals surface area contributed by atoms with Gasteiger partial charge in [-0.25, -0.2) is 9.97 Å². The molecule has 132 valence electrons. The maximum absolute atomic E-state index is 12.2. The second-order valence-electron chi connectivity index (χ2n) is 6.15. The van der Waals surface area contributed by atoms with E-state index in [1.54, 1.807) is 24.3 Å². The molecule has 3 rings (SSSR count). The van der Waals surface area contributed by atoms with E-state index in [2.05, 4.69) is 46.6 Å². The summed E-state index contributed by atoms with van der Waals surface area (Å²) in [6.45, 7) is 4.31. The first-order valence-corrected chi connectivity index (χ1v) is 8.65. The highest BCUT2D eigenvalue weighted by atomic mass is 35.5. The Morgan fingerprint density at radius 3 is 2.38 bits per heavy atom. The van der Waals surface area contributed by atoms with Crippen molar-refractivity contribution in [1.29, 1.82) is 0 Å². The molecule has 0 saturated heterocycles. The summed E-state index contributed by atoms with van der Waals surface area (Å²) in [6.07, 6.45) is 2.97. The minimum Gasteiger partial charge on any atom is -0.339 e. The summed E-state index contributed by atoms with van der Waals surface area (Å²) in [5.41, 5.74) is 3.02. The quantitative estimate of drug-likeness (QED) is 0.647. The lowest BCUT2D eigenvalue weighted by Crippen LogP contribution is -2.14. The normalized spacial score (nSPS) is 10.6. The maximum Gasteiger partial charge on any atom is 0.275 e. The zero-order valence-corrected chi connectivity index (χ0v) is 15.3. The van der Waals surface area contributed by atoms with Crippen LogP contribution in [0.15, 0.2) is 60.9 Å². The van der Waals surface area contributed by atoms with Crippen LogP contribution >= 0.6 is 11.6 Å². The van der Waals surface area contributed by atoms with E-state index >= 15 is 0 Å². The molecule has 0 aliphatic heterocycles. The maximum atomic E-state index is 12.2. The minimum atomic E-state index is -0.340. The Morgan fingerprint density at radius 2 is 1.77 bits per heavy atom. The highest BCUT2D eigenvalue weighted by molar-refractivity contribution is 6.30. The van der Waals surface area contributed by atoms with Crippen LogP contribution in [0, 0.1) is 0 Å². The van der Waals surface area contributed by atoms with Gasteiger partial charge in [-0.2, -0.15) is 0 Å². The number of anilines is 3. The second kappa shape index (κ2) is 7.97. The van der Waals surface area contributed by atoms with Gasteiger partial charge in [-0.3, -0.25) is 4.79 Å². The van der Waals surface area contributed by atoms with Crippen molar-refractivity contribution in [2.45, 2.75) is 19.8 Å². The van der Waals surface area contributed by atoms with E-state index in [-0.39, 0.29) is 11.6 Å². The third-order valence-corrected chi connectivity index (χ3v) is 4.05. The summed E-state index contributed by atoms with van der Waals surface area (Å²) in [6, 6.07) is 15.1. The predicted molar refractivity (Wildman–Crippen MR) is 105 cm³/mol. The van der Waals surface area contributed by atoms with Crippen LogP contribution in [0.2, 0.25) is 5.02 Å². The predicted octanol–water partition coefficient (Wildman–Crippen LogP) is 5.25. The molecule has 0 unspecified atom stereocenters. The highest BCUT2D eigenvalue weighted by Crippen LogP contribution is 2.19. The number of carbonyl (C=O) groups is 1. The lowest BCUT2D eigenvalue weighted by Gasteiger charge is -2.09. The van der Waals surface area contributed by atoms with Gasteiger partial charge in [0, 0.05) is 16.4 Å². The Morgan fingerprint density at radius 1 is 1.00 bits per heavy atom. The first-order valence-electron chi connectivity index (χ1n) is 8.27. The Balaban J connectivity index is 1.65. The number of hydrogen-bond donors (Lipinski definition) is 2. The van der Waals surface area contributed by atoms with Gasteiger partial charge >= 0.3 is 0 Å². The van der Waals surface area contributed by atoms with Crippen molar-refractivity contribution in [3.05, 3.63) is 77.2 Å². The molecule has 0 aliphatic carbocycles. The summed E-state index contributed by atoms with van der Waals surface area (Å²) < 4.78 is 0. The molecule has 0 fully saturated rings. The number of benzene rings is 2. The molecule has 3 aromatic rings. The summed E-state index contributed by atoms with van der Waals surface area (Å²) in [5.74, 6) is 0.718. The average molecular weight is 367 g/mol. The summed E-state index contributed by atoms with van der Waals surface area (Å²) >= 11 is 5.91. The SMILES string of the molecule is CC(C)c1ccc(Nc2cnc(C(=O)Nc3cccc(Cl)c3)cn2)cc1. The lowest BCUT2D eigenvalue weighted by molar-refractivity contribution is 0.102. The molecule has 1 aromatic heterocycles. The molecule has 0 atom stereocenters. The molecule has 1 heterocycles. The minimum absolute atomic E-state index is 0.227. The van der Waals surface area contributed by atoms with E-state index in [0.29, 0.717) is 22.4 Å². The van der Waals surface area contributed by atoms with Gasteiger partial charge in [0.25, 0.3) is 5.91 Å². The number of carbonyl (C=O) groups excluding carboxylic acids is 1. The monoisotopic (exact) mass is 366 g/mol. The number of hydrogen-bond acceptors (Lipinski definition) is 4. The molecule has 0 spiro atoms. The number of rotatable bonds is 5. The van der Waals surface area contributed by atoms with Crippen LogP contribution in [0.3, 0.4) is 0 Å². The molecule has 2 N–H and O–H groups in total. The molecular weight excluding hydrogens is 348 g/mol. The fraction of sp³-hybridized carbons (Fsp3) is 0.150. The van der Waals surface area contributed by atoms with Crippen LogP contribution in [-0.2, 0) is 0 Å². The van der Waals surface area contributed by atoms with E-state index < -0.39 is 0 Å². The van der Waals surface area contributed by atoms with Gasteiger partial charge in [-0.05, 0) is 41.8 Å². The van der Waals surface area contributed by atoms with Gasteiger partial charge < -0.3 is 10.6 Å². The van der Waals surface area contributed by atoms with Gasteiger partial charge in [0.15, 0.2) is 0 Å².